The summed E-state index contributed by atoms with van der Waals surface area (Å²) in [5.41, 5.74) is 3.11. The van der Waals surface area contributed by atoms with Crippen LogP contribution in [0.1, 0.15) is 39.9 Å². The van der Waals surface area contributed by atoms with E-state index in [0.717, 1.165) is 11.1 Å². The number of benzene rings is 2. The van der Waals surface area contributed by atoms with Gasteiger partial charge in [0, 0.05) is 36.7 Å². The topological polar surface area (TPSA) is 125 Å². The van der Waals surface area contributed by atoms with Gasteiger partial charge in [0.25, 0.3) is 0 Å². The van der Waals surface area contributed by atoms with Crippen molar-refractivity contribution >= 4 is 18.1 Å². The van der Waals surface area contributed by atoms with Crippen LogP contribution in [0.5, 0.6) is 11.5 Å². The third kappa shape index (κ3) is 4.72. The van der Waals surface area contributed by atoms with E-state index in [2.05, 4.69) is 5.32 Å². The maximum Gasteiger partial charge on any atom is 0.247 e. The van der Waals surface area contributed by atoms with E-state index in [1.165, 1.54) is 25.0 Å². The molecule has 0 aromatic heterocycles. The van der Waals surface area contributed by atoms with Crippen molar-refractivity contribution in [3.8, 4) is 11.5 Å². The number of amides is 2. The summed E-state index contributed by atoms with van der Waals surface area (Å²) < 4.78 is 11.6. The molecule has 0 bridgehead atoms. The van der Waals surface area contributed by atoms with Gasteiger partial charge in [-0.1, -0.05) is 29.8 Å². The Morgan fingerprint density at radius 3 is 2.56 bits per heavy atom. The van der Waals surface area contributed by atoms with Crippen molar-refractivity contribution in [2.75, 3.05) is 20.3 Å². The molecule has 1 heterocycles. The molecule has 2 aromatic carbocycles. The van der Waals surface area contributed by atoms with Crippen LogP contribution in [0.3, 0.4) is 0 Å². The largest absolute Gasteiger partial charge is 0.493 e. The lowest BCUT2D eigenvalue weighted by atomic mass is 9.77. The highest BCUT2D eigenvalue weighted by Gasteiger charge is 2.51. The standard InChI is InChI=1S/C27H30N2O7/c1-15-4-6-17(7-5-15)13-29(16(2)32)21-12-20(27(34)28-8-9-30)23-19-10-18(14-31)11-22(35-3)25(19)36-26(23)24(21)33/h4-7,10-12,14,21,23-24,26,30,33H,8-9,13H2,1-3H3,(H,28,34)/t21-,23+,24+,26+/m1/s1. The monoisotopic (exact) mass is 494 g/mol. The molecular weight excluding hydrogens is 464 g/mol. The number of aliphatic hydroxyl groups is 2. The molecule has 0 saturated carbocycles. The highest BCUT2D eigenvalue weighted by Crippen LogP contribution is 2.51. The summed E-state index contributed by atoms with van der Waals surface area (Å²) in [4.78, 5) is 39.0. The number of hydrogen-bond acceptors (Lipinski definition) is 7. The third-order valence-corrected chi connectivity index (χ3v) is 6.65. The van der Waals surface area contributed by atoms with Crippen molar-refractivity contribution in [1.82, 2.24) is 10.2 Å². The molecule has 2 amide bonds. The van der Waals surface area contributed by atoms with Crippen LogP contribution in [-0.4, -0.2) is 71.7 Å². The highest BCUT2D eigenvalue weighted by molar-refractivity contribution is 5.96. The van der Waals surface area contributed by atoms with Crippen molar-refractivity contribution in [3.63, 3.8) is 0 Å². The lowest BCUT2D eigenvalue weighted by Gasteiger charge is -2.40. The molecule has 0 fully saturated rings. The number of fused-ring (bicyclic) bond motifs is 3. The first kappa shape index (κ1) is 25.4. The second-order valence-electron chi connectivity index (χ2n) is 9.03. The van der Waals surface area contributed by atoms with Crippen LogP contribution in [0, 0.1) is 6.92 Å². The molecule has 1 aliphatic carbocycles. The first-order chi connectivity index (χ1) is 17.3. The summed E-state index contributed by atoms with van der Waals surface area (Å²) in [5, 5.41) is 23.4. The molecule has 9 nitrogen and oxygen atoms in total. The first-order valence-corrected chi connectivity index (χ1v) is 11.7. The SMILES string of the molecule is COc1cc(C=O)cc2c1O[C@@H]1[C@@H](O)[C@H](N(Cc3ccc(C)cc3)C(C)=O)C=C(C(=O)NCCO)[C@H]21. The van der Waals surface area contributed by atoms with Gasteiger partial charge in [-0.25, -0.2) is 0 Å². The smallest absolute Gasteiger partial charge is 0.247 e. The summed E-state index contributed by atoms with van der Waals surface area (Å²) in [5.74, 6) is -0.785. The summed E-state index contributed by atoms with van der Waals surface area (Å²) >= 11 is 0. The van der Waals surface area contributed by atoms with Crippen molar-refractivity contribution in [2.45, 2.75) is 44.6 Å². The normalized spacial score (nSPS) is 22.0. The Balaban J connectivity index is 1.79. The van der Waals surface area contributed by atoms with Crippen LogP contribution < -0.4 is 14.8 Å². The number of carbonyl (C=O) groups excluding carboxylic acids is 3. The summed E-state index contributed by atoms with van der Waals surface area (Å²) in [6.45, 7) is 3.39. The predicted molar refractivity (Wildman–Crippen MR) is 131 cm³/mol. The number of ether oxygens (including phenoxy) is 2. The lowest BCUT2D eigenvalue weighted by Crippen LogP contribution is -2.55. The summed E-state index contributed by atoms with van der Waals surface area (Å²) in [6.07, 6.45) is 0.190. The minimum atomic E-state index is -1.17. The zero-order valence-corrected chi connectivity index (χ0v) is 20.4. The molecule has 4 atom stereocenters. The van der Waals surface area contributed by atoms with E-state index in [1.807, 2.05) is 31.2 Å². The van der Waals surface area contributed by atoms with Gasteiger partial charge in [-0.05, 0) is 30.7 Å². The van der Waals surface area contributed by atoms with Crippen molar-refractivity contribution in [3.05, 3.63) is 70.3 Å². The lowest BCUT2D eigenvalue weighted by molar-refractivity contribution is -0.135. The fourth-order valence-electron chi connectivity index (χ4n) is 4.88. The predicted octanol–water partition coefficient (Wildman–Crippen LogP) is 1.49. The van der Waals surface area contributed by atoms with E-state index in [1.54, 1.807) is 12.1 Å². The quantitative estimate of drug-likeness (QED) is 0.475. The minimum absolute atomic E-state index is 0.0337. The average Bonchev–Trinajstić information content (AvgIpc) is 3.26. The molecular formula is C27H30N2O7. The van der Waals surface area contributed by atoms with Gasteiger partial charge < -0.3 is 29.9 Å². The van der Waals surface area contributed by atoms with Crippen molar-refractivity contribution in [1.29, 1.82) is 0 Å². The summed E-state index contributed by atoms with van der Waals surface area (Å²) in [7, 11) is 1.44. The Morgan fingerprint density at radius 1 is 1.22 bits per heavy atom. The number of aliphatic hydroxyl groups excluding tert-OH is 2. The second-order valence-corrected chi connectivity index (χ2v) is 9.03. The second kappa shape index (κ2) is 10.5. The molecule has 2 aromatic rings. The number of nitrogens with zero attached hydrogens (tertiary/aromatic N) is 1. The van der Waals surface area contributed by atoms with E-state index in [0.29, 0.717) is 28.9 Å². The van der Waals surface area contributed by atoms with Crippen molar-refractivity contribution < 1.29 is 34.1 Å². The molecule has 9 heteroatoms. The van der Waals surface area contributed by atoms with Gasteiger partial charge in [-0.3, -0.25) is 14.4 Å². The van der Waals surface area contributed by atoms with E-state index < -0.39 is 30.1 Å². The maximum absolute atomic E-state index is 13.2. The molecule has 190 valence electrons. The van der Waals surface area contributed by atoms with Crippen LogP contribution in [0.25, 0.3) is 0 Å². The first-order valence-electron chi connectivity index (χ1n) is 11.7. The fraction of sp³-hybridized carbons (Fsp3) is 0.370. The average molecular weight is 495 g/mol. The zero-order valence-electron chi connectivity index (χ0n) is 20.4. The summed E-state index contributed by atoms with van der Waals surface area (Å²) in [6, 6.07) is 10.00. The van der Waals surface area contributed by atoms with Gasteiger partial charge >= 0.3 is 0 Å². The molecule has 2 aliphatic rings. The third-order valence-electron chi connectivity index (χ3n) is 6.65. The molecule has 0 saturated heterocycles. The molecule has 0 unspecified atom stereocenters. The van der Waals surface area contributed by atoms with Crippen LogP contribution in [0.2, 0.25) is 0 Å². The Morgan fingerprint density at radius 2 is 1.94 bits per heavy atom. The Bertz CT molecular complexity index is 1190. The zero-order chi connectivity index (χ0) is 26.0. The molecule has 3 N–H and O–H groups in total. The maximum atomic E-state index is 13.2. The molecule has 0 radical (unpaired) electrons. The van der Waals surface area contributed by atoms with Gasteiger partial charge in [0.15, 0.2) is 11.5 Å². The molecule has 0 spiro atoms. The van der Waals surface area contributed by atoms with Crippen LogP contribution in [0.4, 0.5) is 0 Å². The minimum Gasteiger partial charge on any atom is -0.493 e. The van der Waals surface area contributed by atoms with Gasteiger partial charge in [-0.2, -0.15) is 0 Å². The number of aryl methyl sites for hydroxylation is 1. The molecule has 1 aliphatic heterocycles. The van der Waals surface area contributed by atoms with Gasteiger partial charge in [-0.15, -0.1) is 0 Å². The number of hydrogen-bond donors (Lipinski definition) is 3. The molecule has 4 rings (SSSR count). The molecule has 36 heavy (non-hydrogen) atoms. The fourth-order valence-corrected chi connectivity index (χ4v) is 4.88. The van der Waals surface area contributed by atoms with Crippen LogP contribution in [0.15, 0.2) is 48.0 Å². The number of carbonyl (C=O) groups is 3. The highest BCUT2D eigenvalue weighted by atomic mass is 16.5. The van der Waals surface area contributed by atoms with Gasteiger partial charge in [0.1, 0.15) is 18.5 Å². The number of rotatable bonds is 8. The van der Waals surface area contributed by atoms with E-state index in [9.17, 15) is 24.6 Å². The van der Waals surface area contributed by atoms with E-state index in [-0.39, 0.29) is 31.2 Å². The van der Waals surface area contributed by atoms with E-state index in [4.69, 9.17) is 9.47 Å². The van der Waals surface area contributed by atoms with Crippen LogP contribution >= 0.6 is 0 Å². The van der Waals surface area contributed by atoms with E-state index >= 15 is 0 Å². The van der Waals surface area contributed by atoms with Crippen LogP contribution in [-0.2, 0) is 16.1 Å². The Kier molecular flexibility index (Phi) is 7.42. The number of methoxy groups -OCH3 is 1. The number of aldehydes is 1. The van der Waals surface area contributed by atoms with Crippen molar-refractivity contribution in [2.24, 2.45) is 0 Å². The van der Waals surface area contributed by atoms with Gasteiger partial charge in [0.2, 0.25) is 11.8 Å². The Hall–Kier alpha value is -3.69. The van der Waals surface area contributed by atoms with Gasteiger partial charge in [0.05, 0.1) is 25.7 Å². The Labute approximate surface area is 209 Å². The number of nitrogens with one attached hydrogen (secondary N) is 1.